The molecule has 1 aromatic rings. The summed E-state index contributed by atoms with van der Waals surface area (Å²) in [4.78, 5) is 15.5. The summed E-state index contributed by atoms with van der Waals surface area (Å²) in [5.41, 5.74) is 0.645. The highest BCUT2D eigenvalue weighted by atomic mass is 79.9. The van der Waals surface area contributed by atoms with Gasteiger partial charge in [-0.05, 0) is 41.2 Å². The molecular formula is C14H19BrN2O2. The summed E-state index contributed by atoms with van der Waals surface area (Å²) in [5.74, 6) is 0.798. The van der Waals surface area contributed by atoms with Gasteiger partial charge in [-0.15, -0.1) is 0 Å². The third kappa shape index (κ3) is 4.30. The van der Waals surface area contributed by atoms with Crippen molar-refractivity contribution in [2.75, 3.05) is 46.4 Å². The van der Waals surface area contributed by atoms with Crippen molar-refractivity contribution in [1.82, 2.24) is 9.80 Å². The largest absolute Gasteiger partial charge is 0.492 e. The van der Waals surface area contributed by atoms with Crippen LogP contribution in [0.5, 0.6) is 5.75 Å². The van der Waals surface area contributed by atoms with Crippen LogP contribution in [0.25, 0.3) is 0 Å². The summed E-state index contributed by atoms with van der Waals surface area (Å²) in [6.45, 7) is 6.08. The minimum absolute atomic E-state index is 0.645. The molecule has 0 amide bonds. The van der Waals surface area contributed by atoms with Gasteiger partial charge in [0.25, 0.3) is 0 Å². The van der Waals surface area contributed by atoms with E-state index in [0.717, 1.165) is 49.2 Å². The summed E-state index contributed by atoms with van der Waals surface area (Å²) in [5, 5.41) is 0. The van der Waals surface area contributed by atoms with E-state index in [-0.39, 0.29) is 0 Å². The van der Waals surface area contributed by atoms with E-state index >= 15 is 0 Å². The van der Waals surface area contributed by atoms with Crippen LogP contribution in [0.3, 0.4) is 0 Å². The zero-order chi connectivity index (χ0) is 13.7. The van der Waals surface area contributed by atoms with E-state index in [9.17, 15) is 4.79 Å². The fraction of sp³-hybridized carbons (Fsp3) is 0.500. The lowest BCUT2D eigenvalue weighted by atomic mass is 10.2. The Kier molecular flexibility index (Phi) is 5.36. The van der Waals surface area contributed by atoms with Crippen LogP contribution in [0.2, 0.25) is 0 Å². The predicted molar refractivity (Wildman–Crippen MR) is 79.0 cm³/mol. The first-order valence-corrected chi connectivity index (χ1v) is 7.27. The molecule has 1 fully saturated rings. The first-order chi connectivity index (χ1) is 9.19. The van der Waals surface area contributed by atoms with Crippen molar-refractivity contribution in [3.8, 4) is 5.75 Å². The molecule has 104 valence electrons. The smallest absolute Gasteiger partial charge is 0.151 e. The van der Waals surface area contributed by atoms with E-state index in [1.807, 2.05) is 12.1 Å². The van der Waals surface area contributed by atoms with Crippen molar-refractivity contribution < 1.29 is 9.53 Å². The maximum atomic E-state index is 10.7. The number of hydrogen-bond donors (Lipinski definition) is 0. The maximum Gasteiger partial charge on any atom is 0.151 e. The molecule has 0 atom stereocenters. The predicted octanol–water partition coefficient (Wildman–Crippen LogP) is 1.89. The number of carbonyl (C=O) groups excluding carboxylic acids is 1. The van der Waals surface area contributed by atoms with Crippen molar-refractivity contribution in [1.29, 1.82) is 0 Å². The van der Waals surface area contributed by atoms with Crippen molar-refractivity contribution in [3.63, 3.8) is 0 Å². The van der Waals surface area contributed by atoms with Crippen molar-refractivity contribution in [2.24, 2.45) is 0 Å². The minimum Gasteiger partial charge on any atom is -0.492 e. The number of piperazine rings is 1. The Morgan fingerprint density at radius 2 is 2.05 bits per heavy atom. The maximum absolute atomic E-state index is 10.7. The van der Waals surface area contributed by atoms with Gasteiger partial charge in [-0.2, -0.15) is 0 Å². The molecule has 0 spiro atoms. The second kappa shape index (κ2) is 7.03. The number of hydrogen-bond acceptors (Lipinski definition) is 4. The van der Waals surface area contributed by atoms with Gasteiger partial charge in [0.15, 0.2) is 6.29 Å². The topological polar surface area (TPSA) is 32.8 Å². The number of carbonyl (C=O) groups is 1. The molecule has 1 aromatic carbocycles. The summed E-state index contributed by atoms with van der Waals surface area (Å²) < 4.78 is 6.49. The van der Waals surface area contributed by atoms with Crippen LogP contribution in [0.15, 0.2) is 22.7 Å². The Bertz CT molecular complexity index is 431. The van der Waals surface area contributed by atoms with Crippen molar-refractivity contribution >= 4 is 22.2 Å². The summed E-state index contributed by atoms with van der Waals surface area (Å²) in [7, 11) is 2.15. The molecule has 0 aromatic heterocycles. The van der Waals surface area contributed by atoms with Crippen LogP contribution in [0.1, 0.15) is 10.4 Å². The zero-order valence-electron chi connectivity index (χ0n) is 11.1. The van der Waals surface area contributed by atoms with E-state index in [1.165, 1.54) is 0 Å². The molecule has 1 heterocycles. The number of halogens is 1. The number of benzene rings is 1. The lowest BCUT2D eigenvalue weighted by molar-refractivity contribution is 0.112. The first kappa shape index (κ1) is 14.5. The zero-order valence-corrected chi connectivity index (χ0v) is 12.7. The Balaban J connectivity index is 1.76. The van der Waals surface area contributed by atoms with Crippen LogP contribution < -0.4 is 4.74 Å². The monoisotopic (exact) mass is 326 g/mol. The second-order valence-electron chi connectivity index (χ2n) is 4.79. The van der Waals surface area contributed by atoms with Crippen molar-refractivity contribution in [2.45, 2.75) is 0 Å². The molecular weight excluding hydrogens is 308 g/mol. The van der Waals surface area contributed by atoms with Gasteiger partial charge in [0.1, 0.15) is 12.4 Å². The number of likely N-dealkylation sites (N-methyl/N-ethyl adjacent to an activating group) is 1. The lowest BCUT2D eigenvalue weighted by Gasteiger charge is -2.32. The van der Waals surface area contributed by atoms with Crippen LogP contribution in [0, 0.1) is 0 Å². The molecule has 4 nitrogen and oxygen atoms in total. The molecule has 0 saturated carbocycles. The molecule has 0 radical (unpaired) electrons. The van der Waals surface area contributed by atoms with Gasteiger partial charge in [-0.25, -0.2) is 0 Å². The van der Waals surface area contributed by atoms with Crippen molar-refractivity contribution in [3.05, 3.63) is 28.2 Å². The van der Waals surface area contributed by atoms with Crippen LogP contribution in [-0.4, -0.2) is 62.5 Å². The van der Waals surface area contributed by atoms with Gasteiger partial charge in [0.05, 0.1) is 0 Å². The number of nitrogens with zero attached hydrogens (tertiary/aromatic N) is 2. The molecule has 0 bridgehead atoms. The van der Waals surface area contributed by atoms with Gasteiger partial charge in [0, 0.05) is 42.8 Å². The molecule has 19 heavy (non-hydrogen) atoms. The third-order valence-corrected chi connectivity index (χ3v) is 4.06. The highest BCUT2D eigenvalue weighted by Crippen LogP contribution is 2.21. The molecule has 0 aliphatic carbocycles. The average molecular weight is 327 g/mol. The minimum atomic E-state index is 0.645. The van der Waals surface area contributed by atoms with Gasteiger partial charge in [-0.1, -0.05) is 0 Å². The van der Waals surface area contributed by atoms with Gasteiger partial charge >= 0.3 is 0 Å². The normalized spacial score (nSPS) is 17.4. The molecule has 1 saturated heterocycles. The number of aldehydes is 1. The van der Waals surface area contributed by atoms with Gasteiger partial charge in [0.2, 0.25) is 0 Å². The Morgan fingerprint density at radius 3 is 2.68 bits per heavy atom. The van der Waals surface area contributed by atoms with E-state index in [4.69, 9.17) is 4.74 Å². The molecule has 0 unspecified atom stereocenters. The fourth-order valence-electron chi connectivity index (χ4n) is 2.06. The molecule has 0 N–H and O–H groups in total. The Hall–Kier alpha value is -0.910. The van der Waals surface area contributed by atoms with E-state index in [0.29, 0.717) is 12.2 Å². The molecule has 1 aliphatic heterocycles. The first-order valence-electron chi connectivity index (χ1n) is 6.47. The number of rotatable bonds is 5. The second-order valence-corrected chi connectivity index (χ2v) is 5.65. The van der Waals surface area contributed by atoms with E-state index < -0.39 is 0 Å². The SMILES string of the molecule is CN1CCN(CCOc2ccc(C=O)c(Br)c2)CC1. The Labute approximate surface area is 122 Å². The van der Waals surface area contributed by atoms with E-state index in [2.05, 4.69) is 32.8 Å². The molecule has 1 aliphatic rings. The standard InChI is InChI=1S/C14H19BrN2O2/c1-16-4-6-17(7-5-16)8-9-19-13-3-2-12(11-18)14(15)10-13/h2-3,10-11H,4-9H2,1H3. The van der Waals surface area contributed by atoms with Gasteiger partial charge in [-0.3, -0.25) is 9.69 Å². The Morgan fingerprint density at radius 1 is 1.32 bits per heavy atom. The molecule has 2 rings (SSSR count). The summed E-state index contributed by atoms with van der Waals surface area (Å²) in [6.07, 6.45) is 0.831. The fourth-order valence-corrected chi connectivity index (χ4v) is 2.51. The van der Waals surface area contributed by atoms with Crippen LogP contribution >= 0.6 is 15.9 Å². The van der Waals surface area contributed by atoms with Gasteiger partial charge < -0.3 is 9.64 Å². The highest BCUT2D eigenvalue weighted by Gasteiger charge is 2.13. The average Bonchev–Trinajstić information content (AvgIpc) is 2.41. The lowest BCUT2D eigenvalue weighted by Crippen LogP contribution is -2.45. The van der Waals surface area contributed by atoms with E-state index in [1.54, 1.807) is 6.07 Å². The van der Waals surface area contributed by atoms with Crippen LogP contribution in [0.4, 0.5) is 0 Å². The third-order valence-electron chi connectivity index (χ3n) is 3.37. The summed E-state index contributed by atoms with van der Waals surface area (Å²) in [6, 6.07) is 5.44. The molecule has 5 heteroatoms. The van der Waals surface area contributed by atoms with Crippen LogP contribution in [-0.2, 0) is 0 Å². The number of ether oxygens (including phenoxy) is 1. The summed E-state index contributed by atoms with van der Waals surface area (Å²) >= 11 is 3.36. The highest BCUT2D eigenvalue weighted by molar-refractivity contribution is 9.10. The quantitative estimate of drug-likeness (QED) is 0.773.